The zero-order valence-electron chi connectivity index (χ0n) is 11.0. The van der Waals surface area contributed by atoms with E-state index < -0.39 is 11.9 Å². The molecule has 0 aliphatic rings. The molecule has 0 saturated carbocycles. The van der Waals surface area contributed by atoms with Crippen molar-refractivity contribution in [1.29, 1.82) is 0 Å². The molecule has 0 spiro atoms. The van der Waals surface area contributed by atoms with Gasteiger partial charge in [0.1, 0.15) is 5.75 Å². The topological polar surface area (TPSA) is 52.8 Å². The Balaban J connectivity index is 2.25. The molecule has 0 aliphatic carbocycles. The summed E-state index contributed by atoms with van der Waals surface area (Å²) in [6, 6.07) is 4.05. The van der Waals surface area contributed by atoms with Crippen LogP contribution in [0.3, 0.4) is 0 Å². The van der Waals surface area contributed by atoms with Gasteiger partial charge >= 0.3 is 6.18 Å². The van der Waals surface area contributed by atoms with Crippen molar-refractivity contribution in [3.63, 3.8) is 0 Å². The van der Waals surface area contributed by atoms with Gasteiger partial charge in [-0.2, -0.15) is 18.3 Å². The first-order chi connectivity index (χ1) is 10.4. The van der Waals surface area contributed by atoms with E-state index in [1.165, 1.54) is 7.11 Å². The molecule has 22 heavy (non-hydrogen) atoms. The lowest BCUT2D eigenvalue weighted by Gasteiger charge is -2.09. The van der Waals surface area contributed by atoms with Crippen LogP contribution in [-0.2, 0) is 6.18 Å². The van der Waals surface area contributed by atoms with Crippen molar-refractivity contribution in [1.82, 2.24) is 19.7 Å². The molecule has 0 unspecified atom stereocenters. The number of nitrogens with zero attached hydrogens (tertiary/aromatic N) is 4. The predicted octanol–water partition coefficient (Wildman–Crippen LogP) is 3.30. The van der Waals surface area contributed by atoms with Crippen LogP contribution in [0.4, 0.5) is 13.2 Å². The maximum absolute atomic E-state index is 12.7. The Hall–Kier alpha value is -2.35. The largest absolute Gasteiger partial charge is 0.495 e. The average Bonchev–Trinajstić information content (AvgIpc) is 2.97. The van der Waals surface area contributed by atoms with Crippen molar-refractivity contribution in [2.24, 2.45) is 0 Å². The third-order valence-electron chi connectivity index (χ3n) is 2.95. The lowest BCUT2D eigenvalue weighted by Crippen LogP contribution is -2.08. The quantitative estimate of drug-likeness (QED) is 0.724. The molecule has 2 aromatic heterocycles. The number of aromatic nitrogens is 4. The Morgan fingerprint density at radius 2 is 2.00 bits per heavy atom. The van der Waals surface area contributed by atoms with Gasteiger partial charge in [0, 0.05) is 6.20 Å². The SMILES string of the molecule is COc1ccc2n[c]nc(-n3ccc(C(F)(F)F)n3)c2c1Cl. The van der Waals surface area contributed by atoms with Crippen LogP contribution in [0.25, 0.3) is 16.7 Å². The summed E-state index contributed by atoms with van der Waals surface area (Å²) in [7, 11) is 1.43. The number of alkyl halides is 3. The Morgan fingerprint density at radius 1 is 1.23 bits per heavy atom. The number of ether oxygens (including phenoxy) is 1. The molecule has 0 saturated heterocycles. The molecule has 5 nitrogen and oxygen atoms in total. The van der Waals surface area contributed by atoms with Crippen LogP contribution in [0, 0.1) is 6.33 Å². The average molecular weight is 328 g/mol. The second-order valence-electron chi connectivity index (χ2n) is 4.27. The van der Waals surface area contributed by atoms with Gasteiger partial charge in [0.15, 0.2) is 17.8 Å². The van der Waals surface area contributed by atoms with Crippen molar-refractivity contribution in [2.75, 3.05) is 7.11 Å². The third-order valence-corrected chi connectivity index (χ3v) is 3.33. The number of benzene rings is 1. The number of methoxy groups -OCH3 is 1. The normalized spacial score (nSPS) is 11.9. The summed E-state index contributed by atoms with van der Waals surface area (Å²) in [5.74, 6) is 0.442. The van der Waals surface area contributed by atoms with E-state index in [2.05, 4.69) is 21.4 Å². The van der Waals surface area contributed by atoms with Crippen LogP contribution in [0.15, 0.2) is 24.4 Å². The first-order valence-electron chi connectivity index (χ1n) is 5.95. The number of hydrogen-bond acceptors (Lipinski definition) is 4. The van der Waals surface area contributed by atoms with Crippen molar-refractivity contribution < 1.29 is 17.9 Å². The van der Waals surface area contributed by atoms with E-state index in [0.717, 1.165) is 16.9 Å². The molecule has 113 valence electrons. The van der Waals surface area contributed by atoms with Gasteiger partial charge in [-0.25, -0.2) is 14.6 Å². The van der Waals surface area contributed by atoms with Crippen LogP contribution in [0.1, 0.15) is 5.69 Å². The number of rotatable bonds is 2. The van der Waals surface area contributed by atoms with E-state index in [1.54, 1.807) is 12.1 Å². The van der Waals surface area contributed by atoms with E-state index in [-0.39, 0.29) is 10.8 Å². The molecule has 0 aliphatic heterocycles. The second-order valence-corrected chi connectivity index (χ2v) is 4.64. The standard InChI is InChI=1S/C13H7ClF3N4O/c1-22-8-3-2-7-10(11(8)14)12(19-6-18-7)21-5-4-9(20-21)13(15,16)17/h2-5H,1H3. The maximum atomic E-state index is 12.7. The molecule has 2 heterocycles. The number of fused-ring (bicyclic) bond motifs is 1. The van der Waals surface area contributed by atoms with Crippen molar-refractivity contribution in [3.8, 4) is 11.6 Å². The van der Waals surface area contributed by atoms with Gasteiger partial charge in [-0.1, -0.05) is 11.6 Å². The molecule has 3 aromatic rings. The molecule has 0 fully saturated rings. The Bertz CT molecular complexity index is 847. The Kier molecular flexibility index (Phi) is 3.40. The summed E-state index contributed by atoms with van der Waals surface area (Å²) in [6.07, 6.45) is -1.02. The molecule has 9 heteroatoms. The Morgan fingerprint density at radius 3 is 2.64 bits per heavy atom. The summed E-state index contributed by atoms with van der Waals surface area (Å²) < 4.78 is 44.1. The predicted molar refractivity (Wildman–Crippen MR) is 72.1 cm³/mol. The third kappa shape index (κ3) is 2.35. The zero-order chi connectivity index (χ0) is 15.9. The minimum atomic E-state index is -4.54. The van der Waals surface area contributed by atoms with Gasteiger partial charge in [-0.15, -0.1) is 0 Å². The van der Waals surface area contributed by atoms with Gasteiger partial charge in [0.2, 0.25) is 0 Å². The highest BCUT2D eigenvalue weighted by atomic mass is 35.5. The van der Waals surface area contributed by atoms with E-state index in [0.29, 0.717) is 16.7 Å². The van der Waals surface area contributed by atoms with E-state index >= 15 is 0 Å². The molecule has 0 N–H and O–H groups in total. The van der Waals surface area contributed by atoms with Crippen LogP contribution in [0.2, 0.25) is 5.02 Å². The van der Waals surface area contributed by atoms with Gasteiger partial charge in [0.25, 0.3) is 0 Å². The van der Waals surface area contributed by atoms with Crippen LogP contribution in [-0.4, -0.2) is 26.9 Å². The summed E-state index contributed by atoms with van der Waals surface area (Å²) in [5, 5.41) is 4.00. The highest BCUT2D eigenvalue weighted by Gasteiger charge is 2.34. The fourth-order valence-electron chi connectivity index (χ4n) is 1.95. The first-order valence-corrected chi connectivity index (χ1v) is 6.33. The fraction of sp³-hybridized carbons (Fsp3) is 0.154. The monoisotopic (exact) mass is 327 g/mol. The summed E-state index contributed by atoms with van der Waals surface area (Å²) in [6.45, 7) is 0. The smallest absolute Gasteiger partial charge is 0.435 e. The summed E-state index contributed by atoms with van der Waals surface area (Å²) >= 11 is 6.21. The lowest BCUT2D eigenvalue weighted by molar-refractivity contribution is -0.141. The molecule has 1 radical (unpaired) electrons. The Labute approximate surface area is 127 Å². The molecule has 0 atom stereocenters. The molecular formula is C13H7ClF3N4O. The van der Waals surface area contributed by atoms with Crippen LogP contribution in [0.5, 0.6) is 5.75 Å². The van der Waals surface area contributed by atoms with Gasteiger partial charge in [-0.05, 0) is 18.2 Å². The number of hydrogen-bond donors (Lipinski definition) is 0. The zero-order valence-corrected chi connectivity index (χ0v) is 11.8. The summed E-state index contributed by atoms with van der Waals surface area (Å²) in [5.41, 5.74) is -0.613. The first kappa shape index (κ1) is 14.6. The van der Waals surface area contributed by atoms with Crippen molar-refractivity contribution >= 4 is 22.5 Å². The van der Waals surface area contributed by atoms with Crippen LogP contribution < -0.4 is 4.74 Å². The van der Waals surface area contributed by atoms with Gasteiger partial charge in [-0.3, -0.25) is 0 Å². The maximum Gasteiger partial charge on any atom is 0.435 e. The van der Waals surface area contributed by atoms with E-state index in [1.807, 2.05) is 0 Å². The fourth-order valence-corrected chi connectivity index (χ4v) is 2.27. The minimum absolute atomic E-state index is 0.0874. The molecule has 0 amide bonds. The highest BCUT2D eigenvalue weighted by molar-refractivity contribution is 6.37. The summed E-state index contributed by atoms with van der Waals surface area (Å²) in [4.78, 5) is 7.79. The van der Waals surface area contributed by atoms with E-state index in [4.69, 9.17) is 16.3 Å². The number of halogens is 4. The van der Waals surface area contributed by atoms with E-state index in [9.17, 15) is 13.2 Å². The lowest BCUT2D eigenvalue weighted by atomic mass is 10.2. The second kappa shape index (κ2) is 5.13. The highest BCUT2D eigenvalue weighted by Crippen LogP contribution is 2.35. The van der Waals surface area contributed by atoms with Gasteiger partial charge < -0.3 is 4.74 Å². The van der Waals surface area contributed by atoms with Gasteiger partial charge in [0.05, 0.1) is 23.0 Å². The van der Waals surface area contributed by atoms with Crippen LogP contribution >= 0.6 is 11.6 Å². The molecule has 1 aromatic carbocycles. The molecule has 3 rings (SSSR count). The minimum Gasteiger partial charge on any atom is -0.495 e. The molecule has 0 bridgehead atoms. The molecular weight excluding hydrogens is 321 g/mol. The van der Waals surface area contributed by atoms with Crippen molar-refractivity contribution in [3.05, 3.63) is 41.4 Å². The van der Waals surface area contributed by atoms with Crippen molar-refractivity contribution in [2.45, 2.75) is 6.18 Å².